The number of carbonyl (C=O) groups is 2. The van der Waals surface area contributed by atoms with Gasteiger partial charge in [0, 0.05) is 19.5 Å². The largest absolute Gasteiger partial charge is 0.452 e. The Labute approximate surface area is 187 Å². The number of likely N-dealkylation sites (tertiary alicyclic amines) is 1. The predicted molar refractivity (Wildman–Crippen MR) is 120 cm³/mol. The van der Waals surface area contributed by atoms with Crippen molar-refractivity contribution >= 4 is 29.0 Å². The molecule has 168 valence electrons. The van der Waals surface area contributed by atoms with Gasteiger partial charge in [-0.1, -0.05) is 24.3 Å². The summed E-state index contributed by atoms with van der Waals surface area (Å²) in [4.78, 5) is 37.4. The number of ether oxygens (including phenoxy) is 1. The topological polar surface area (TPSA) is 114 Å². The maximum absolute atomic E-state index is 12.3. The molecule has 2 aliphatic heterocycles. The Balaban J connectivity index is 1.38. The number of benzene rings is 1. The second-order valence-electron chi connectivity index (χ2n) is 8.76. The molecule has 3 aliphatic rings. The number of anilines is 3. The molecule has 2 aromatic rings. The van der Waals surface area contributed by atoms with E-state index >= 15 is 0 Å². The number of amides is 1. The first-order chi connectivity index (χ1) is 15.5. The first kappa shape index (κ1) is 20.7. The van der Waals surface area contributed by atoms with E-state index in [-0.39, 0.29) is 30.1 Å². The Morgan fingerprint density at radius 3 is 2.62 bits per heavy atom. The summed E-state index contributed by atoms with van der Waals surface area (Å²) in [5.74, 6) is 0.546. The summed E-state index contributed by atoms with van der Waals surface area (Å²) in [6.45, 7) is 3.89. The van der Waals surface area contributed by atoms with E-state index in [1.807, 2.05) is 4.90 Å². The molecule has 3 N–H and O–H groups in total. The number of hydrogen-bond donors (Lipinski definition) is 2. The van der Waals surface area contributed by atoms with Crippen LogP contribution >= 0.6 is 0 Å². The monoisotopic (exact) mass is 436 g/mol. The molecule has 1 saturated carbocycles. The number of nitrogens with two attached hydrogens (primary N) is 1. The van der Waals surface area contributed by atoms with Gasteiger partial charge in [-0.15, -0.1) is 0 Å². The van der Waals surface area contributed by atoms with Gasteiger partial charge in [0.05, 0.1) is 6.54 Å². The average molecular weight is 437 g/mol. The molecule has 9 nitrogen and oxygen atoms in total. The highest BCUT2D eigenvalue weighted by molar-refractivity contribution is 6.03. The zero-order chi connectivity index (χ0) is 22.1. The molecule has 9 heteroatoms. The van der Waals surface area contributed by atoms with Crippen LogP contribution in [0.2, 0.25) is 0 Å². The van der Waals surface area contributed by atoms with E-state index in [9.17, 15) is 9.59 Å². The first-order valence-corrected chi connectivity index (χ1v) is 11.3. The molecule has 2 fully saturated rings. The molecule has 1 aromatic carbocycles. The molecule has 32 heavy (non-hydrogen) atoms. The molecular weight excluding hydrogens is 408 g/mol. The van der Waals surface area contributed by atoms with Crippen LogP contribution in [0.3, 0.4) is 0 Å². The van der Waals surface area contributed by atoms with Crippen LogP contribution in [0, 0.1) is 0 Å². The van der Waals surface area contributed by atoms with Gasteiger partial charge in [-0.05, 0) is 49.9 Å². The zero-order valence-corrected chi connectivity index (χ0v) is 18.0. The van der Waals surface area contributed by atoms with Crippen molar-refractivity contribution in [3.05, 3.63) is 35.4 Å². The first-order valence-electron chi connectivity index (χ1n) is 11.3. The standard InChI is InChI=1S/C23H28N6O3/c24-21-20-22(27-23(26-21)32-18-8-4-7-17(18)30)29(14-19(31)25-20)13-16-6-3-5-15(11-16)12-28-9-1-2-10-28/h3,5-6,11,18H,1-2,4,7-10,12-14H2,(H,25,31)(H2,24,26,27). The number of ketones is 1. The fourth-order valence-electron chi connectivity index (χ4n) is 4.69. The lowest BCUT2D eigenvalue weighted by Gasteiger charge is -2.30. The van der Waals surface area contributed by atoms with Crippen molar-refractivity contribution in [3.63, 3.8) is 0 Å². The normalized spacial score (nSPS) is 21.0. The number of nitrogen functional groups attached to an aromatic ring is 1. The van der Waals surface area contributed by atoms with E-state index in [4.69, 9.17) is 10.5 Å². The van der Waals surface area contributed by atoms with Crippen LogP contribution < -0.4 is 20.7 Å². The molecule has 1 amide bonds. The second-order valence-corrected chi connectivity index (χ2v) is 8.76. The minimum atomic E-state index is -0.527. The second kappa shape index (κ2) is 8.74. The minimum absolute atomic E-state index is 0.0601. The van der Waals surface area contributed by atoms with Gasteiger partial charge in [0.15, 0.2) is 23.5 Å². The molecule has 0 bridgehead atoms. The van der Waals surface area contributed by atoms with Gasteiger partial charge in [-0.2, -0.15) is 9.97 Å². The van der Waals surface area contributed by atoms with E-state index in [1.54, 1.807) is 0 Å². The Kier molecular flexibility index (Phi) is 5.65. The third-order valence-electron chi connectivity index (χ3n) is 6.26. The Morgan fingerprint density at radius 1 is 1.09 bits per heavy atom. The summed E-state index contributed by atoms with van der Waals surface area (Å²) < 4.78 is 5.76. The van der Waals surface area contributed by atoms with Gasteiger partial charge in [0.2, 0.25) is 5.91 Å². The number of fused-ring (bicyclic) bond motifs is 1. The summed E-state index contributed by atoms with van der Waals surface area (Å²) in [5, 5.41) is 2.77. The van der Waals surface area contributed by atoms with Crippen molar-refractivity contribution < 1.29 is 14.3 Å². The van der Waals surface area contributed by atoms with Crippen LogP contribution in [0.4, 0.5) is 17.3 Å². The molecule has 1 aliphatic carbocycles. The Bertz CT molecular complexity index is 1040. The lowest BCUT2D eigenvalue weighted by Crippen LogP contribution is -2.39. The molecular formula is C23H28N6O3. The van der Waals surface area contributed by atoms with Crippen molar-refractivity contribution in [2.45, 2.75) is 51.3 Å². The van der Waals surface area contributed by atoms with Gasteiger partial charge in [-0.3, -0.25) is 14.5 Å². The number of nitrogens with zero attached hydrogens (tertiary/aromatic N) is 4. The molecule has 1 saturated heterocycles. The van der Waals surface area contributed by atoms with Crippen LogP contribution in [0.1, 0.15) is 43.2 Å². The van der Waals surface area contributed by atoms with Crippen LogP contribution in [-0.2, 0) is 22.7 Å². The zero-order valence-electron chi connectivity index (χ0n) is 18.0. The van der Waals surface area contributed by atoms with E-state index in [1.165, 1.54) is 18.4 Å². The highest BCUT2D eigenvalue weighted by Gasteiger charge is 2.31. The van der Waals surface area contributed by atoms with Gasteiger partial charge in [-0.25, -0.2) is 0 Å². The van der Waals surface area contributed by atoms with Crippen molar-refractivity contribution in [2.75, 3.05) is 35.6 Å². The lowest BCUT2D eigenvalue weighted by molar-refractivity contribution is -0.123. The van der Waals surface area contributed by atoms with E-state index in [0.717, 1.165) is 31.6 Å². The number of aromatic nitrogens is 2. The van der Waals surface area contributed by atoms with Crippen molar-refractivity contribution in [3.8, 4) is 6.01 Å². The van der Waals surface area contributed by atoms with Crippen LogP contribution in [-0.4, -0.2) is 52.3 Å². The van der Waals surface area contributed by atoms with Crippen molar-refractivity contribution in [1.29, 1.82) is 0 Å². The van der Waals surface area contributed by atoms with Crippen molar-refractivity contribution in [2.24, 2.45) is 0 Å². The molecule has 1 unspecified atom stereocenters. The van der Waals surface area contributed by atoms with E-state index < -0.39 is 6.10 Å². The minimum Gasteiger partial charge on any atom is -0.452 e. The highest BCUT2D eigenvalue weighted by Crippen LogP contribution is 2.35. The van der Waals surface area contributed by atoms with Crippen LogP contribution in [0.15, 0.2) is 24.3 Å². The fourth-order valence-corrected chi connectivity index (χ4v) is 4.69. The molecule has 5 rings (SSSR count). The summed E-state index contributed by atoms with van der Waals surface area (Å²) in [6.07, 6.45) is 3.97. The molecule has 0 spiro atoms. The van der Waals surface area contributed by atoms with E-state index in [0.29, 0.717) is 30.9 Å². The van der Waals surface area contributed by atoms with Gasteiger partial charge in [0.25, 0.3) is 0 Å². The lowest BCUT2D eigenvalue weighted by atomic mass is 10.1. The molecule has 1 aromatic heterocycles. The third kappa shape index (κ3) is 4.38. The van der Waals surface area contributed by atoms with Crippen LogP contribution in [0.5, 0.6) is 6.01 Å². The maximum atomic E-state index is 12.3. The third-order valence-corrected chi connectivity index (χ3v) is 6.26. The summed E-state index contributed by atoms with van der Waals surface area (Å²) >= 11 is 0. The summed E-state index contributed by atoms with van der Waals surface area (Å²) in [5.41, 5.74) is 8.86. The molecule has 3 heterocycles. The number of hydrogen-bond acceptors (Lipinski definition) is 8. The SMILES string of the molecule is Nc1nc(OC2CCCC2=O)nc2c1NC(=O)CN2Cc1cccc(CN2CCCC2)c1. The molecule has 1 atom stereocenters. The predicted octanol–water partition coefficient (Wildman–Crippen LogP) is 2.11. The summed E-state index contributed by atoms with van der Waals surface area (Å²) in [6, 6.07) is 8.51. The van der Waals surface area contributed by atoms with Gasteiger partial charge < -0.3 is 20.7 Å². The maximum Gasteiger partial charge on any atom is 0.321 e. The number of nitrogens with one attached hydrogen (secondary N) is 1. The number of rotatable bonds is 6. The number of Topliss-reactive ketones (excluding diaryl/α,β-unsaturated/α-hetero) is 1. The fraction of sp³-hybridized carbons (Fsp3) is 0.478. The Hall–Kier alpha value is -3.20. The number of carbonyl (C=O) groups excluding carboxylic acids is 2. The van der Waals surface area contributed by atoms with E-state index in [2.05, 4.69) is 44.5 Å². The van der Waals surface area contributed by atoms with Gasteiger partial charge in [0.1, 0.15) is 5.69 Å². The summed E-state index contributed by atoms with van der Waals surface area (Å²) in [7, 11) is 0. The highest BCUT2D eigenvalue weighted by atomic mass is 16.5. The quantitative estimate of drug-likeness (QED) is 0.708. The van der Waals surface area contributed by atoms with Crippen molar-refractivity contribution in [1.82, 2.24) is 14.9 Å². The van der Waals surface area contributed by atoms with Gasteiger partial charge >= 0.3 is 6.01 Å². The Morgan fingerprint density at radius 2 is 1.88 bits per heavy atom. The average Bonchev–Trinajstić information content (AvgIpc) is 3.41. The smallest absolute Gasteiger partial charge is 0.321 e. The molecule has 0 radical (unpaired) electrons. The van der Waals surface area contributed by atoms with Crippen LogP contribution in [0.25, 0.3) is 0 Å².